The lowest BCUT2D eigenvalue weighted by atomic mass is 9.98. The molecule has 6 heteroatoms. The molecule has 1 aliphatic heterocycles. The number of pyridine rings is 1. The molecule has 1 aromatic rings. The first kappa shape index (κ1) is 16.1. The van der Waals surface area contributed by atoms with Crippen LogP contribution in [0.1, 0.15) is 24.8 Å². The van der Waals surface area contributed by atoms with Crippen LogP contribution >= 0.6 is 11.8 Å². The summed E-state index contributed by atoms with van der Waals surface area (Å²) in [5, 5.41) is 12.3. The van der Waals surface area contributed by atoms with Gasteiger partial charge in [-0.05, 0) is 37.1 Å². The molecule has 0 spiro atoms. The highest BCUT2D eigenvalue weighted by atomic mass is 32.2. The summed E-state index contributed by atoms with van der Waals surface area (Å²) >= 11 is 1.72. The maximum atomic E-state index is 12.3. The number of likely N-dealkylation sites (tertiary alicyclic amines) is 1. The largest absolute Gasteiger partial charge is 0.365 e. The van der Waals surface area contributed by atoms with Crippen LogP contribution in [0.15, 0.2) is 18.3 Å². The van der Waals surface area contributed by atoms with Crippen molar-refractivity contribution in [2.24, 2.45) is 11.8 Å². The molecule has 5 nitrogen and oxygen atoms in total. The minimum absolute atomic E-state index is 0.265. The molecule has 1 N–H and O–H groups in total. The number of hydrogen-bond acceptors (Lipinski definition) is 5. The zero-order chi connectivity index (χ0) is 16.2. The predicted octanol–water partition coefficient (Wildman–Crippen LogP) is 2.36. The normalized spacial score (nSPS) is 23.6. The van der Waals surface area contributed by atoms with Crippen LogP contribution in [0.5, 0.6) is 0 Å². The maximum Gasteiger partial charge on any atom is 0.223 e. The van der Waals surface area contributed by atoms with Gasteiger partial charge in [0.25, 0.3) is 0 Å². The Morgan fingerprint density at radius 2 is 2.30 bits per heavy atom. The Labute approximate surface area is 141 Å². The van der Waals surface area contributed by atoms with Crippen molar-refractivity contribution in [1.82, 2.24) is 9.88 Å². The Morgan fingerprint density at radius 1 is 1.48 bits per heavy atom. The van der Waals surface area contributed by atoms with E-state index in [1.54, 1.807) is 24.0 Å². The molecule has 2 aliphatic rings. The summed E-state index contributed by atoms with van der Waals surface area (Å²) in [6.45, 7) is 1.63. The van der Waals surface area contributed by atoms with Gasteiger partial charge in [-0.1, -0.05) is 0 Å². The lowest BCUT2D eigenvalue weighted by Gasteiger charge is -2.19. The zero-order valence-corrected chi connectivity index (χ0v) is 14.2. The van der Waals surface area contributed by atoms with E-state index in [-0.39, 0.29) is 11.9 Å². The minimum atomic E-state index is 0.265. The Bertz CT molecular complexity index is 594. The van der Waals surface area contributed by atoms with Gasteiger partial charge < -0.3 is 10.2 Å². The number of thioether (sulfide) groups is 1. The summed E-state index contributed by atoms with van der Waals surface area (Å²) in [7, 11) is 0. The van der Waals surface area contributed by atoms with Crippen LogP contribution in [0.25, 0.3) is 0 Å². The molecule has 1 saturated heterocycles. The standard InChI is InChI=1S/C17H22N4OS/c1-23-7-6-17(22)21-10-14(13-3-4-13)15(11-21)20-16-5-2-12(8-18)9-19-16/h2,5,9,13-15H,3-4,6-7,10-11H2,1H3,(H,19,20)/t14-,15+/m1/s1. The smallest absolute Gasteiger partial charge is 0.223 e. The van der Waals surface area contributed by atoms with E-state index in [1.807, 2.05) is 17.2 Å². The van der Waals surface area contributed by atoms with Crippen molar-refractivity contribution in [3.63, 3.8) is 0 Å². The van der Waals surface area contributed by atoms with E-state index in [0.717, 1.165) is 30.6 Å². The zero-order valence-electron chi connectivity index (χ0n) is 13.4. The first-order chi connectivity index (χ1) is 11.2. The first-order valence-corrected chi connectivity index (χ1v) is 9.50. The molecule has 2 heterocycles. The van der Waals surface area contributed by atoms with Crippen molar-refractivity contribution in [1.29, 1.82) is 5.26 Å². The van der Waals surface area contributed by atoms with E-state index >= 15 is 0 Å². The highest BCUT2D eigenvalue weighted by Crippen LogP contribution is 2.42. The van der Waals surface area contributed by atoms with Crippen molar-refractivity contribution in [3.8, 4) is 6.07 Å². The number of anilines is 1. The number of nitrogens with zero attached hydrogens (tertiary/aromatic N) is 3. The van der Waals surface area contributed by atoms with E-state index in [0.29, 0.717) is 17.9 Å². The second-order valence-electron chi connectivity index (χ2n) is 6.34. The molecule has 2 fully saturated rings. The Morgan fingerprint density at radius 3 is 2.91 bits per heavy atom. The number of hydrogen-bond donors (Lipinski definition) is 1. The highest BCUT2D eigenvalue weighted by Gasteiger charge is 2.43. The van der Waals surface area contributed by atoms with Crippen molar-refractivity contribution >= 4 is 23.5 Å². The molecule has 3 rings (SSSR count). The van der Waals surface area contributed by atoms with Gasteiger partial charge in [-0.2, -0.15) is 17.0 Å². The fourth-order valence-electron chi connectivity index (χ4n) is 3.27. The summed E-state index contributed by atoms with van der Waals surface area (Å²) < 4.78 is 0. The maximum absolute atomic E-state index is 12.3. The number of aromatic nitrogens is 1. The van der Waals surface area contributed by atoms with E-state index in [2.05, 4.69) is 16.4 Å². The summed E-state index contributed by atoms with van der Waals surface area (Å²) in [6, 6.07) is 5.97. The number of rotatable bonds is 6. The minimum Gasteiger partial charge on any atom is -0.365 e. The van der Waals surface area contributed by atoms with Crippen LogP contribution in [0.3, 0.4) is 0 Å². The predicted molar refractivity (Wildman–Crippen MR) is 92.2 cm³/mol. The fraction of sp³-hybridized carbons (Fsp3) is 0.588. The van der Waals surface area contributed by atoms with Crippen LogP contribution in [0.2, 0.25) is 0 Å². The van der Waals surface area contributed by atoms with E-state index in [1.165, 1.54) is 12.8 Å². The van der Waals surface area contributed by atoms with Gasteiger partial charge in [0.1, 0.15) is 11.9 Å². The van der Waals surface area contributed by atoms with Crippen molar-refractivity contribution < 1.29 is 4.79 Å². The van der Waals surface area contributed by atoms with Crippen molar-refractivity contribution in [2.45, 2.75) is 25.3 Å². The molecule has 23 heavy (non-hydrogen) atoms. The highest BCUT2D eigenvalue weighted by molar-refractivity contribution is 7.98. The third-order valence-electron chi connectivity index (χ3n) is 4.69. The van der Waals surface area contributed by atoms with Gasteiger partial charge >= 0.3 is 0 Å². The number of carbonyl (C=O) groups is 1. The van der Waals surface area contributed by atoms with Gasteiger partial charge in [0.2, 0.25) is 5.91 Å². The number of amides is 1. The molecular formula is C17H22N4OS. The molecule has 0 unspecified atom stereocenters. The Hall–Kier alpha value is -1.74. The quantitative estimate of drug-likeness (QED) is 0.867. The molecule has 1 aliphatic carbocycles. The number of carbonyl (C=O) groups excluding carboxylic acids is 1. The van der Waals surface area contributed by atoms with Crippen LogP contribution < -0.4 is 5.32 Å². The summed E-state index contributed by atoms with van der Waals surface area (Å²) in [6.07, 6.45) is 6.80. The van der Waals surface area contributed by atoms with Gasteiger partial charge in [0.05, 0.1) is 5.56 Å². The lowest BCUT2D eigenvalue weighted by Crippen LogP contribution is -2.32. The van der Waals surface area contributed by atoms with Crippen LogP contribution in [0, 0.1) is 23.2 Å². The van der Waals surface area contributed by atoms with Crippen LogP contribution in [0.4, 0.5) is 5.82 Å². The molecule has 1 aromatic heterocycles. The van der Waals surface area contributed by atoms with Crippen LogP contribution in [-0.2, 0) is 4.79 Å². The van der Waals surface area contributed by atoms with Crippen molar-refractivity contribution in [3.05, 3.63) is 23.9 Å². The SMILES string of the molecule is CSCCC(=O)N1C[C@H](Nc2ccc(C#N)cn2)[C@@H](C2CC2)C1. The molecule has 0 bridgehead atoms. The second-order valence-corrected chi connectivity index (χ2v) is 7.32. The molecule has 0 radical (unpaired) electrons. The Balaban J connectivity index is 1.64. The van der Waals surface area contributed by atoms with E-state index in [9.17, 15) is 4.79 Å². The molecule has 1 saturated carbocycles. The number of nitriles is 1. The average Bonchev–Trinajstić information content (AvgIpc) is 3.34. The lowest BCUT2D eigenvalue weighted by molar-refractivity contribution is -0.129. The summed E-state index contributed by atoms with van der Waals surface area (Å²) in [5.41, 5.74) is 0.564. The van der Waals surface area contributed by atoms with Crippen molar-refractivity contribution in [2.75, 3.05) is 30.4 Å². The third kappa shape index (κ3) is 3.97. The monoisotopic (exact) mass is 330 g/mol. The molecular weight excluding hydrogens is 308 g/mol. The van der Waals surface area contributed by atoms with Gasteiger partial charge in [-0.3, -0.25) is 4.79 Å². The van der Waals surface area contributed by atoms with Gasteiger partial charge in [-0.15, -0.1) is 0 Å². The topological polar surface area (TPSA) is 69.0 Å². The first-order valence-electron chi connectivity index (χ1n) is 8.10. The summed E-state index contributed by atoms with van der Waals surface area (Å²) in [5.74, 6) is 3.20. The summed E-state index contributed by atoms with van der Waals surface area (Å²) in [4.78, 5) is 18.6. The number of nitrogens with one attached hydrogen (secondary N) is 1. The van der Waals surface area contributed by atoms with E-state index < -0.39 is 0 Å². The molecule has 1 amide bonds. The second kappa shape index (κ2) is 7.22. The average molecular weight is 330 g/mol. The van der Waals surface area contributed by atoms with Crippen LogP contribution in [-0.4, -0.2) is 46.9 Å². The fourth-order valence-corrected chi connectivity index (χ4v) is 3.65. The van der Waals surface area contributed by atoms with Gasteiger partial charge in [-0.25, -0.2) is 4.98 Å². The molecule has 0 aromatic carbocycles. The molecule has 122 valence electrons. The molecule has 2 atom stereocenters. The van der Waals surface area contributed by atoms with Gasteiger partial charge in [0.15, 0.2) is 0 Å². The third-order valence-corrected chi connectivity index (χ3v) is 5.30. The Kier molecular flexibility index (Phi) is 5.06. The van der Waals surface area contributed by atoms with Gasteiger partial charge in [0, 0.05) is 43.4 Å². The van der Waals surface area contributed by atoms with E-state index in [4.69, 9.17) is 5.26 Å².